The van der Waals surface area contributed by atoms with E-state index in [-0.39, 0.29) is 31.1 Å². The highest BCUT2D eigenvalue weighted by Crippen LogP contribution is 2.19. The van der Waals surface area contributed by atoms with E-state index in [1.807, 2.05) is 30.3 Å². The molecule has 0 aliphatic heterocycles. The number of nitrogens with one attached hydrogen (secondary N) is 3. The molecule has 2 rings (SSSR count). The summed E-state index contributed by atoms with van der Waals surface area (Å²) in [6.45, 7) is -2.39. The third-order valence-electron chi connectivity index (χ3n) is 3.86. The Bertz CT molecular complexity index is 893. The molecule has 0 atom stereocenters. The summed E-state index contributed by atoms with van der Waals surface area (Å²) < 4.78 is 56.2. The molecule has 10 heteroatoms. The van der Waals surface area contributed by atoms with Gasteiger partial charge >= 0.3 is 6.61 Å². The first-order valence-electron chi connectivity index (χ1n) is 8.88. The summed E-state index contributed by atoms with van der Waals surface area (Å²) in [5.74, 6) is 0.263. The summed E-state index contributed by atoms with van der Waals surface area (Å²) in [5.41, 5.74) is 1.39. The van der Waals surface area contributed by atoms with Gasteiger partial charge in [0, 0.05) is 32.2 Å². The molecule has 0 aromatic heterocycles. The molecule has 29 heavy (non-hydrogen) atoms. The number of guanidine groups is 1. The highest BCUT2D eigenvalue weighted by Gasteiger charge is 2.12. The number of aliphatic imine (C=N–C) groups is 1. The van der Waals surface area contributed by atoms with Gasteiger partial charge in [0.05, 0.1) is 5.75 Å². The monoisotopic (exact) mass is 426 g/mol. The van der Waals surface area contributed by atoms with Crippen LogP contribution in [0.1, 0.15) is 11.1 Å². The molecule has 7 nitrogen and oxygen atoms in total. The highest BCUT2D eigenvalue weighted by molar-refractivity contribution is 7.89. The molecule has 0 saturated carbocycles. The molecular weight excluding hydrogens is 402 g/mol. The van der Waals surface area contributed by atoms with Crippen LogP contribution < -0.4 is 20.1 Å². The van der Waals surface area contributed by atoms with E-state index in [0.29, 0.717) is 11.5 Å². The fourth-order valence-electron chi connectivity index (χ4n) is 2.43. The second-order valence-corrected chi connectivity index (χ2v) is 7.89. The summed E-state index contributed by atoms with van der Waals surface area (Å²) in [5, 5.41) is 5.83. The van der Waals surface area contributed by atoms with Crippen LogP contribution in [-0.4, -0.2) is 40.3 Å². The maximum atomic E-state index is 12.5. The molecule has 3 N–H and O–H groups in total. The molecule has 158 valence electrons. The van der Waals surface area contributed by atoms with E-state index >= 15 is 0 Å². The fraction of sp³-hybridized carbons (Fsp3) is 0.316. The largest absolute Gasteiger partial charge is 0.434 e. The number of hydrogen-bond donors (Lipinski definition) is 3. The van der Waals surface area contributed by atoms with Crippen LogP contribution in [0.25, 0.3) is 0 Å². The van der Waals surface area contributed by atoms with Gasteiger partial charge in [0.2, 0.25) is 10.0 Å². The quantitative estimate of drug-likeness (QED) is 0.400. The maximum Gasteiger partial charge on any atom is 0.387 e. The number of para-hydroxylation sites is 1. The van der Waals surface area contributed by atoms with E-state index in [1.165, 1.54) is 13.1 Å². The normalized spacial score (nSPS) is 12.1. The lowest BCUT2D eigenvalue weighted by Crippen LogP contribution is -2.40. The van der Waals surface area contributed by atoms with Gasteiger partial charge in [-0.3, -0.25) is 4.99 Å². The van der Waals surface area contributed by atoms with E-state index < -0.39 is 16.6 Å². The van der Waals surface area contributed by atoms with Crippen molar-refractivity contribution in [1.29, 1.82) is 0 Å². The molecule has 0 spiro atoms. The van der Waals surface area contributed by atoms with E-state index in [0.717, 1.165) is 5.56 Å². The first-order valence-corrected chi connectivity index (χ1v) is 10.5. The minimum atomic E-state index is -3.47. The van der Waals surface area contributed by atoms with Crippen molar-refractivity contribution in [2.75, 3.05) is 19.3 Å². The van der Waals surface area contributed by atoms with Gasteiger partial charge in [-0.05, 0) is 11.6 Å². The topological polar surface area (TPSA) is 91.8 Å². The Balaban J connectivity index is 1.79. The predicted molar refractivity (Wildman–Crippen MR) is 108 cm³/mol. The third-order valence-corrected chi connectivity index (χ3v) is 5.19. The number of benzene rings is 2. The van der Waals surface area contributed by atoms with Crippen molar-refractivity contribution in [3.05, 3.63) is 65.7 Å². The molecule has 0 unspecified atom stereocenters. The minimum absolute atomic E-state index is 0.0677. The molecule has 0 radical (unpaired) electrons. The van der Waals surface area contributed by atoms with E-state index in [1.54, 1.807) is 18.2 Å². The Morgan fingerprint density at radius 1 is 1.03 bits per heavy atom. The fourth-order valence-corrected chi connectivity index (χ4v) is 3.33. The lowest BCUT2D eigenvalue weighted by molar-refractivity contribution is -0.0504. The molecule has 0 aliphatic rings. The van der Waals surface area contributed by atoms with Crippen LogP contribution in [0.2, 0.25) is 0 Å². The Hall–Kier alpha value is -2.72. The lowest BCUT2D eigenvalue weighted by atomic mass is 10.2. The van der Waals surface area contributed by atoms with Crippen molar-refractivity contribution in [3.8, 4) is 5.75 Å². The van der Waals surface area contributed by atoms with Crippen molar-refractivity contribution in [2.45, 2.75) is 19.7 Å². The van der Waals surface area contributed by atoms with Crippen molar-refractivity contribution in [3.63, 3.8) is 0 Å². The molecule has 0 amide bonds. The molecular formula is C19H24F2N4O3S. The van der Waals surface area contributed by atoms with E-state index in [4.69, 9.17) is 0 Å². The Morgan fingerprint density at radius 2 is 1.72 bits per heavy atom. The lowest BCUT2D eigenvalue weighted by Gasteiger charge is -2.14. The van der Waals surface area contributed by atoms with Crippen LogP contribution >= 0.6 is 0 Å². The zero-order valence-electron chi connectivity index (χ0n) is 15.9. The number of alkyl halides is 2. The zero-order valence-corrected chi connectivity index (χ0v) is 16.8. The van der Waals surface area contributed by atoms with Gasteiger partial charge in [0.1, 0.15) is 5.75 Å². The molecule has 0 heterocycles. The number of halogens is 2. The molecule has 0 saturated heterocycles. The Morgan fingerprint density at radius 3 is 2.41 bits per heavy atom. The van der Waals surface area contributed by atoms with Crippen molar-refractivity contribution < 1.29 is 21.9 Å². The van der Waals surface area contributed by atoms with Gasteiger partial charge in [-0.1, -0.05) is 48.5 Å². The van der Waals surface area contributed by atoms with E-state index in [9.17, 15) is 17.2 Å². The number of ether oxygens (including phenoxy) is 1. The third kappa shape index (κ3) is 8.44. The first kappa shape index (κ1) is 22.6. The molecule has 2 aromatic carbocycles. The second kappa shape index (κ2) is 11.3. The van der Waals surface area contributed by atoms with E-state index in [2.05, 4.69) is 25.1 Å². The Labute approximate surface area is 169 Å². The smallest absolute Gasteiger partial charge is 0.387 e. The predicted octanol–water partition coefficient (Wildman–Crippen LogP) is 2.07. The van der Waals surface area contributed by atoms with Crippen LogP contribution in [0.3, 0.4) is 0 Å². The van der Waals surface area contributed by atoms with Gasteiger partial charge < -0.3 is 15.4 Å². The van der Waals surface area contributed by atoms with Crippen LogP contribution in [0.4, 0.5) is 8.78 Å². The summed E-state index contributed by atoms with van der Waals surface area (Å²) >= 11 is 0. The zero-order chi connectivity index (χ0) is 21.1. The van der Waals surface area contributed by atoms with Crippen molar-refractivity contribution in [2.24, 2.45) is 4.99 Å². The number of hydrogen-bond acceptors (Lipinski definition) is 4. The van der Waals surface area contributed by atoms with Crippen molar-refractivity contribution in [1.82, 2.24) is 15.4 Å². The standard InChI is InChI=1S/C19H24F2N4O3S/c1-22-19(24-14-16-9-5-6-10-17(16)28-18(20)21)23-11-12-29(26,27)25-13-15-7-3-2-4-8-15/h2-10,18,25H,11-14H2,1H3,(H2,22,23,24). The van der Waals surface area contributed by atoms with Crippen LogP contribution in [0.5, 0.6) is 5.75 Å². The summed E-state index contributed by atoms with van der Waals surface area (Å²) in [6, 6.07) is 15.6. The summed E-state index contributed by atoms with van der Waals surface area (Å²) in [6.07, 6.45) is 0. The van der Waals surface area contributed by atoms with Crippen LogP contribution in [0.15, 0.2) is 59.6 Å². The average Bonchev–Trinajstić information content (AvgIpc) is 2.70. The van der Waals surface area contributed by atoms with Crippen LogP contribution in [0, 0.1) is 0 Å². The number of nitrogens with zero attached hydrogens (tertiary/aromatic N) is 1. The number of sulfonamides is 1. The van der Waals surface area contributed by atoms with Gasteiger partial charge in [-0.2, -0.15) is 8.78 Å². The molecule has 0 fully saturated rings. The second-order valence-electron chi connectivity index (χ2n) is 5.96. The number of rotatable bonds is 10. The Kier molecular flexibility index (Phi) is 8.81. The van der Waals surface area contributed by atoms with Gasteiger partial charge in [-0.25, -0.2) is 13.1 Å². The van der Waals surface area contributed by atoms with Gasteiger partial charge in [0.25, 0.3) is 0 Å². The summed E-state index contributed by atoms with van der Waals surface area (Å²) in [4.78, 5) is 4.00. The molecule has 0 bridgehead atoms. The van der Waals surface area contributed by atoms with Crippen molar-refractivity contribution >= 4 is 16.0 Å². The maximum absolute atomic E-state index is 12.5. The van der Waals surface area contributed by atoms with Crippen LogP contribution in [-0.2, 0) is 23.1 Å². The average molecular weight is 426 g/mol. The summed E-state index contributed by atoms with van der Waals surface area (Å²) in [7, 11) is -1.94. The molecule has 2 aromatic rings. The minimum Gasteiger partial charge on any atom is -0.434 e. The molecule has 0 aliphatic carbocycles. The first-order chi connectivity index (χ1) is 13.9. The highest BCUT2D eigenvalue weighted by atomic mass is 32.2. The van der Waals surface area contributed by atoms with Gasteiger partial charge in [-0.15, -0.1) is 0 Å². The SMILES string of the molecule is CN=C(NCCS(=O)(=O)NCc1ccccc1)NCc1ccccc1OC(F)F. The van der Waals surface area contributed by atoms with Gasteiger partial charge in [0.15, 0.2) is 5.96 Å².